The number of benzene rings is 1. The highest BCUT2D eigenvalue weighted by atomic mass is 79.9. The molecule has 1 amide bonds. The number of anilines is 1. The molecule has 1 aromatic rings. The molecule has 1 aromatic carbocycles. The highest BCUT2D eigenvalue weighted by Gasteiger charge is 2.21. The van der Waals surface area contributed by atoms with Crippen molar-refractivity contribution in [3.8, 4) is 0 Å². The van der Waals surface area contributed by atoms with Crippen LogP contribution in [0.15, 0.2) is 22.7 Å². The predicted octanol–water partition coefficient (Wildman–Crippen LogP) is 2.45. The normalized spacial score (nSPS) is 19.8. The number of carbonyl (C=O) groups is 1. The van der Waals surface area contributed by atoms with Crippen LogP contribution in [0.5, 0.6) is 0 Å². The SMILES string of the molecule is Cc1cc(Br)cc(NC(=O)C2CCCN2)c1. The van der Waals surface area contributed by atoms with Crippen molar-refractivity contribution in [1.29, 1.82) is 0 Å². The van der Waals surface area contributed by atoms with Gasteiger partial charge in [0.1, 0.15) is 0 Å². The average molecular weight is 283 g/mol. The molecule has 86 valence electrons. The first-order valence-electron chi connectivity index (χ1n) is 5.46. The molecule has 1 saturated heterocycles. The van der Waals surface area contributed by atoms with Crippen molar-refractivity contribution >= 4 is 27.5 Å². The van der Waals surface area contributed by atoms with Gasteiger partial charge in [0.05, 0.1) is 6.04 Å². The lowest BCUT2D eigenvalue weighted by Gasteiger charge is -2.11. The molecule has 2 N–H and O–H groups in total. The summed E-state index contributed by atoms with van der Waals surface area (Å²) >= 11 is 3.42. The molecule has 2 rings (SSSR count). The summed E-state index contributed by atoms with van der Waals surface area (Å²) in [5.74, 6) is 0.0648. The Morgan fingerprint density at radius 1 is 1.50 bits per heavy atom. The summed E-state index contributed by atoms with van der Waals surface area (Å²) < 4.78 is 0.988. The van der Waals surface area contributed by atoms with E-state index in [-0.39, 0.29) is 11.9 Å². The minimum atomic E-state index is -0.0284. The third-order valence-electron chi connectivity index (χ3n) is 2.69. The third-order valence-corrected chi connectivity index (χ3v) is 3.14. The van der Waals surface area contributed by atoms with Crippen molar-refractivity contribution in [2.75, 3.05) is 11.9 Å². The number of halogens is 1. The highest BCUT2D eigenvalue weighted by molar-refractivity contribution is 9.10. The summed E-state index contributed by atoms with van der Waals surface area (Å²) in [6.07, 6.45) is 2.01. The zero-order valence-electron chi connectivity index (χ0n) is 9.22. The summed E-state index contributed by atoms with van der Waals surface area (Å²) in [4.78, 5) is 11.8. The van der Waals surface area contributed by atoms with Gasteiger partial charge in [-0.15, -0.1) is 0 Å². The summed E-state index contributed by atoms with van der Waals surface area (Å²) in [5.41, 5.74) is 1.98. The first kappa shape index (κ1) is 11.6. The van der Waals surface area contributed by atoms with Gasteiger partial charge in [-0.3, -0.25) is 4.79 Å². The van der Waals surface area contributed by atoms with Gasteiger partial charge in [-0.25, -0.2) is 0 Å². The summed E-state index contributed by atoms with van der Waals surface area (Å²) in [7, 11) is 0. The second kappa shape index (κ2) is 4.97. The summed E-state index contributed by atoms with van der Waals surface area (Å²) in [6, 6.07) is 5.88. The van der Waals surface area contributed by atoms with Crippen LogP contribution in [0.1, 0.15) is 18.4 Å². The maximum absolute atomic E-state index is 11.8. The Hall–Kier alpha value is -0.870. The first-order valence-corrected chi connectivity index (χ1v) is 6.26. The largest absolute Gasteiger partial charge is 0.325 e. The fourth-order valence-electron chi connectivity index (χ4n) is 1.95. The molecule has 0 bridgehead atoms. The number of nitrogens with one attached hydrogen (secondary N) is 2. The molecule has 0 aliphatic carbocycles. The van der Waals surface area contributed by atoms with Crippen molar-refractivity contribution in [3.05, 3.63) is 28.2 Å². The number of hydrogen-bond acceptors (Lipinski definition) is 2. The highest BCUT2D eigenvalue weighted by Crippen LogP contribution is 2.19. The fourth-order valence-corrected chi connectivity index (χ4v) is 2.55. The number of rotatable bonds is 2. The van der Waals surface area contributed by atoms with Crippen LogP contribution in [0.3, 0.4) is 0 Å². The van der Waals surface area contributed by atoms with Crippen LogP contribution in [0.2, 0.25) is 0 Å². The van der Waals surface area contributed by atoms with Crippen molar-refractivity contribution in [2.24, 2.45) is 0 Å². The van der Waals surface area contributed by atoms with Gasteiger partial charge >= 0.3 is 0 Å². The maximum Gasteiger partial charge on any atom is 0.241 e. The van der Waals surface area contributed by atoms with E-state index in [1.807, 2.05) is 25.1 Å². The number of amides is 1. The monoisotopic (exact) mass is 282 g/mol. The van der Waals surface area contributed by atoms with Gasteiger partial charge < -0.3 is 10.6 Å². The Balaban J connectivity index is 2.05. The lowest BCUT2D eigenvalue weighted by molar-refractivity contribution is -0.117. The molecule has 1 fully saturated rings. The molecule has 4 heteroatoms. The topological polar surface area (TPSA) is 41.1 Å². The second-order valence-corrected chi connectivity index (χ2v) is 5.07. The number of carbonyl (C=O) groups excluding carboxylic acids is 1. The van der Waals surface area contributed by atoms with Gasteiger partial charge in [0.2, 0.25) is 5.91 Å². The molecule has 1 unspecified atom stereocenters. The van der Waals surface area contributed by atoms with Crippen LogP contribution in [0, 0.1) is 6.92 Å². The van der Waals surface area contributed by atoms with Gasteiger partial charge in [-0.2, -0.15) is 0 Å². The van der Waals surface area contributed by atoms with E-state index < -0.39 is 0 Å². The Kier molecular flexibility index (Phi) is 3.61. The van der Waals surface area contributed by atoms with Crippen molar-refractivity contribution in [2.45, 2.75) is 25.8 Å². The standard InChI is InChI=1S/C12H15BrN2O/c1-8-5-9(13)7-10(6-8)15-12(16)11-3-2-4-14-11/h5-7,11,14H,2-4H2,1H3,(H,15,16). The Morgan fingerprint density at radius 3 is 2.94 bits per heavy atom. The van der Waals surface area contributed by atoms with Crippen LogP contribution < -0.4 is 10.6 Å². The van der Waals surface area contributed by atoms with E-state index in [9.17, 15) is 4.79 Å². The fraction of sp³-hybridized carbons (Fsp3) is 0.417. The maximum atomic E-state index is 11.8. The number of aryl methyl sites for hydroxylation is 1. The lowest BCUT2D eigenvalue weighted by atomic mass is 10.2. The Morgan fingerprint density at radius 2 is 2.31 bits per heavy atom. The molecular weight excluding hydrogens is 268 g/mol. The van der Waals surface area contributed by atoms with Gasteiger partial charge in [-0.1, -0.05) is 15.9 Å². The third kappa shape index (κ3) is 2.83. The Bertz CT molecular complexity index is 380. The van der Waals surface area contributed by atoms with E-state index in [1.54, 1.807) is 0 Å². The van der Waals surface area contributed by atoms with Crippen molar-refractivity contribution < 1.29 is 4.79 Å². The van der Waals surface area contributed by atoms with Gasteiger partial charge in [-0.05, 0) is 50.1 Å². The van der Waals surface area contributed by atoms with E-state index >= 15 is 0 Å². The molecular formula is C12H15BrN2O. The molecule has 1 aliphatic rings. The summed E-state index contributed by atoms with van der Waals surface area (Å²) in [5, 5.41) is 6.12. The van der Waals surface area contributed by atoms with E-state index in [0.29, 0.717) is 0 Å². The van der Waals surface area contributed by atoms with Crippen LogP contribution in [0.4, 0.5) is 5.69 Å². The minimum absolute atomic E-state index is 0.0284. The van der Waals surface area contributed by atoms with Crippen LogP contribution in [-0.4, -0.2) is 18.5 Å². The van der Waals surface area contributed by atoms with E-state index in [0.717, 1.165) is 35.1 Å². The molecule has 0 aromatic heterocycles. The molecule has 1 atom stereocenters. The Labute approximate surface area is 104 Å². The van der Waals surface area contributed by atoms with Gasteiger partial charge in [0.25, 0.3) is 0 Å². The molecule has 1 aliphatic heterocycles. The van der Waals surface area contributed by atoms with E-state index in [4.69, 9.17) is 0 Å². The number of hydrogen-bond donors (Lipinski definition) is 2. The zero-order chi connectivity index (χ0) is 11.5. The molecule has 0 spiro atoms. The smallest absolute Gasteiger partial charge is 0.241 e. The van der Waals surface area contributed by atoms with E-state index in [1.165, 1.54) is 0 Å². The molecule has 16 heavy (non-hydrogen) atoms. The lowest BCUT2D eigenvalue weighted by Crippen LogP contribution is -2.35. The molecule has 0 radical (unpaired) electrons. The molecule has 3 nitrogen and oxygen atoms in total. The zero-order valence-corrected chi connectivity index (χ0v) is 10.8. The van der Waals surface area contributed by atoms with Crippen molar-refractivity contribution in [1.82, 2.24) is 5.32 Å². The van der Waals surface area contributed by atoms with Gasteiger partial charge in [0, 0.05) is 10.2 Å². The van der Waals surface area contributed by atoms with E-state index in [2.05, 4.69) is 26.6 Å². The molecule has 0 saturated carbocycles. The minimum Gasteiger partial charge on any atom is -0.325 e. The van der Waals surface area contributed by atoms with Crippen LogP contribution in [0.25, 0.3) is 0 Å². The summed E-state index contributed by atoms with van der Waals surface area (Å²) in [6.45, 7) is 2.95. The van der Waals surface area contributed by atoms with Crippen molar-refractivity contribution in [3.63, 3.8) is 0 Å². The average Bonchev–Trinajstić information content (AvgIpc) is 2.68. The van der Waals surface area contributed by atoms with Gasteiger partial charge in [0.15, 0.2) is 0 Å². The predicted molar refractivity (Wildman–Crippen MR) is 68.5 cm³/mol. The second-order valence-electron chi connectivity index (χ2n) is 4.16. The van der Waals surface area contributed by atoms with Crippen LogP contribution in [-0.2, 0) is 4.79 Å². The van der Waals surface area contributed by atoms with Crippen LogP contribution >= 0.6 is 15.9 Å². The quantitative estimate of drug-likeness (QED) is 0.875. The first-order chi connectivity index (χ1) is 7.65. The molecule has 1 heterocycles.